The van der Waals surface area contributed by atoms with Gasteiger partial charge >= 0.3 is 0 Å². The largest absolute Gasteiger partial charge is 0.335 e. The maximum atomic E-state index is 14.5. The van der Waals surface area contributed by atoms with Gasteiger partial charge in [0.25, 0.3) is 0 Å². The summed E-state index contributed by atoms with van der Waals surface area (Å²) in [6, 6.07) is 14.4. The number of hydrogen-bond donors (Lipinski definition) is 3. The van der Waals surface area contributed by atoms with E-state index in [1.807, 2.05) is 38.1 Å². The van der Waals surface area contributed by atoms with Crippen molar-refractivity contribution in [3.8, 4) is 33.8 Å². The molecule has 0 aliphatic rings. The number of amides is 1. The molecule has 0 unspecified atom stereocenters. The van der Waals surface area contributed by atoms with E-state index >= 15 is 0 Å². The Labute approximate surface area is 217 Å². The number of rotatable bonds is 6. The smallest absolute Gasteiger partial charge is 0.224 e. The minimum Gasteiger partial charge on any atom is -0.335 e. The first kappa shape index (κ1) is 23.5. The summed E-state index contributed by atoms with van der Waals surface area (Å²) in [5, 5.41) is 11.4. The van der Waals surface area contributed by atoms with Gasteiger partial charge in [-0.1, -0.05) is 38.1 Å². The number of aromatic amines is 2. The summed E-state index contributed by atoms with van der Waals surface area (Å²) < 4.78 is 14.5. The zero-order valence-corrected chi connectivity index (χ0v) is 20.8. The number of carbonyl (C=O) groups is 1. The van der Waals surface area contributed by atoms with E-state index in [9.17, 15) is 9.18 Å². The van der Waals surface area contributed by atoms with E-state index in [-0.39, 0.29) is 17.6 Å². The van der Waals surface area contributed by atoms with Crippen molar-refractivity contribution in [3.63, 3.8) is 0 Å². The monoisotopic (exact) mass is 505 g/mol. The van der Waals surface area contributed by atoms with Crippen LogP contribution in [-0.4, -0.2) is 36.0 Å². The van der Waals surface area contributed by atoms with Gasteiger partial charge in [-0.05, 0) is 35.7 Å². The molecule has 0 atom stereocenters. The van der Waals surface area contributed by atoms with Gasteiger partial charge in [-0.3, -0.25) is 19.9 Å². The normalized spacial score (nSPS) is 11.5. The van der Waals surface area contributed by atoms with Gasteiger partial charge in [0.1, 0.15) is 17.0 Å². The third-order valence-corrected chi connectivity index (χ3v) is 6.29. The Kier molecular flexibility index (Phi) is 5.88. The lowest BCUT2D eigenvalue weighted by molar-refractivity contribution is -0.116. The van der Waals surface area contributed by atoms with Crippen molar-refractivity contribution in [2.45, 2.75) is 20.3 Å². The Hall–Kier alpha value is -4.92. The number of anilines is 1. The fraction of sp³-hybridized carbons (Fsp3) is 0.138. The van der Waals surface area contributed by atoms with Crippen LogP contribution >= 0.6 is 0 Å². The van der Waals surface area contributed by atoms with Crippen molar-refractivity contribution in [1.82, 2.24) is 30.1 Å². The van der Waals surface area contributed by atoms with Gasteiger partial charge in [0.15, 0.2) is 5.82 Å². The van der Waals surface area contributed by atoms with E-state index in [1.54, 1.807) is 43.0 Å². The lowest BCUT2D eigenvalue weighted by Crippen LogP contribution is -2.13. The van der Waals surface area contributed by atoms with E-state index in [0.717, 1.165) is 22.0 Å². The maximum absolute atomic E-state index is 14.5. The van der Waals surface area contributed by atoms with Crippen molar-refractivity contribution in [3.05, 3.63) is 79.1 Å². The number of halogens is 1. The van der Waals surface area contributed by atoms with Gasteiger partial charge < -0.3 is 10.3 Å². The van der Waals surface area contributed by atoms with Crippen molar-refractivity contribution in [2.75, 3.05) is 5.32 Å². The van der Waals surface area contributed by atoms with Crippen LogP contribution in [0.25, 0.3) is 55.7 Å². The Bertz CT molecular complexity index is 1800. The molecule has 2 aromatic carbocycles. The van der Waals surface area contributed by atoms with Gasteiger partial charge in [0, 0.05) is 40.9 Å². The van der Waals surface area contributed by atoms with Crippen molar-refractivity contribution >= 4 is 33.5 Å². The lowest BCUT2D eigenvalue weighted by atomic mass is 10.0. The quantitative estimate of drug-likeness (QED) is 0.244. The third-order valence-electron chi connectivity index (χ3n) is 6.29. The number of hydrogen-bond acceptors (Lipinski definition) is 5. The van der Waals surface area contributed by atoms with Gasteiger partial charge in [0.2, 0.25) is 5.91 Å². The average Bonchev–Trinajstić information content (AvgIpc) is 3.52. The molecule has 3 N–H and O–H groups in total. The molecular formula is C29H24FN7O. The zero-order chi connectivity index (χ0) is 26.2. The fourth-order valence-electron chi connectivity index (χ4n) is 4.54. The number of pyridine rings is 2. The first-order valence-electron chi connectivity index (χ1n) is 12.3. The number of nitrogens with zero attached hydrogens (tertiary/aromatic N) is 4. The molecule has 4 aromatic heterocycles. The number of benzene rings is 2. The van der Waals surface area contributed by atoms with Crippen LogP contribution in [0.5, 0.6) is 0 Å². The summed E-state index contributed by atoms with van der Waals surface area (Å²) in [7, 11) is 0. The zero-order valence-electron chi connectivity index (χ0n) is 20.8. The highest BCUT2D eigenvalue weighted by Crippen LogP contribution is 2.33. The lowest BCUT2D eigenvalue weighted by Gasteiger charge is -2.09. The highest BCUT2D eigenvalue weighted by atomic mass is 19.1. The molecule has 6 rings (SSSR count). The van der Waals surface area contributed by atoms with E-state index < -0.39 is 0 Å². The highest BCUT2D eigenvalue weighted by Gasteiger charge is 2.17. The van der Waals surface area contributed by atoms with Gasteiger partial charge in [0.05, 0.1) is 29.1 Å². The summed E-state index contributed by atoms with van der Waals surface area (Å²) >= 11 is 0. The van der Waals surface area contributed by atoms with Crippen LogP contribution in [-0.2, 0) is 4.79 Å². The van der Waals surface area contributed by atoms with Crippen LogP contribution in [0.15, 0.2) is 73.3 Å². The third kappa shape index (κ3) is 4.39. The van der Waals surface area contributed by atoms with Crippen LogP contribution in [0.1, 0.15) is 20.3 Å². The van der Waals surface area contributed by atoms with Crippen LogP contribution in [0.2, 0.25) is 0 Å². The van der Waals surface area contributed by atoms with Crippen molar-refractivity contribution in [1.29, 1.82) is 0 Å². The number of imidazole rings is 1. The minimum absolute atomic E-state index is 0.0411. The van der Waals surface area contributed by atoms with Crippen molar-refractivity contribution < 1.29 is 9.18 Å². The number of aromatic nitrogens is 6. The number of H-pyrrole nitrogens is 2. The predicted octanol–water partition coefficient (Wildman–Crippen LogP) is 6.35. The Balaban J connectivity index is 1.39. The number of carbonyl (C=O) groups excluding carboxylic acids is 1. The van der Waals surface area contributed by atoms with Crippen LogP contribution in [0, 0.1) is 11.7 Å². The van der Waals surface area contributed by atoms with E-state index in [0.29, 0.717) is 45.8 Å². The summed E-state index contributed by atoms with van der Waals surface area (Å²) in [5.41, 5.74) is 6.22. The van der Waals surface area contributed by atoms with E-state index in [2.05, 4.69) is 30.5 Å². The molecule has 0 radical (unpaired) electrons. The number of nitrogens with one attached hydrogen (secondary N) is 3. The fourth-order valence-corrected chi connectivity index (χ4v) is 4.54. The molecular weight excluding hydrogens is 481 g/mol. The molecule has 0 spiro atoms. The van der Waals surface area contributed by atoms with Gasteiger partial charge in [-0.15, -0.1) is 0 Å². The first-order valence-corrected chi connectivity index (χ1v) is 12.3. The number of fused-ring (bicyclic) bond motifs is 2. The maximum Gasteiger partial charge on any atom is 0.224 e. The molecule has 0 fully saturated rings. The summed E-state index contributed by atoms with van der Waals surface area (Å²) in [5.74, 6) is 0.435. The van der Waals surface area contributed by atoms with Gasteiger partial charge in [-0.2, -0.15) is 5.10 Å². The molecule has 1 amide bonds. The Morgan fingerprint density at radius 3 is 2.63 bits per heavy atom. The molecule has 8 nitrogen and oxygen atoms in total. The molecule has 188 valence electrons. The topological polar surface area (TPSA) is 112 Å². The van der Waals surface area contributed by atoms with E-state index in [4.69, 9.17) is 4.98 Å². The molecule has 0 saturated heterocycles. The highest BCUT2D eigenvalue weighted by molar-refractivity contribution is 5.98. The SMILES string of the molecule is CC(C)CC(=O)Nc1cncc(-c2ccc3[nH]nc(-c4nc5c(-c6ccccc6F)cncc5[nH]4)c3c2)c1. The average molecular weight is 506 g/mol. The standard InChI is InChI=1S/C29H24FN7O/c1-16(2)9-26(38)33-19-10-18(12-31-13-19)17-7-8-24-21(11-17)28(37-36-24)29-34-25-15-32-14-22(27(25)35-29)20-5-3-4-6-23(20)30/h3-8,10-16H,9H2,1-2H3,(H,33,38)(H,34,35)(H,36,37). The van der Waals surface area contributed by atoms with Crippen LogP contribution in [0.4, 0.5) is 10.1 Å². The Morgan fingerprint density at radius 2 is 1.79 bits per heavy atom. The van der Waals surface area contributed by atoms with Crippen molar-refractivity contribution in [2.24, 2.45) is 5.92 Å². The molecule has 6 aromatic rings. The molecule has 0 aliphatic carbocycles. The van der Waals surface area contributed by atoms with Crippen LogP contribution in [0.3, 0.4) is 0 Å². The second-order valence-electron chi connectivity index (χ2n) is 9.59. The first-order chi connectivity index (χ1) is 18.5. The van der Waals surface area contributed by atoms with Crippen LogP contribution < -0.4 is 5.32 Å². The van der Waals surface area contributed by atoms with E-state index in [1.165, 1.54) is 6.07 Å². The molecule has 9 heteroatoms. The second-order valence-corrected chi connectivity index (χ2v) is 9.59. The molecule has 38 heavy (non-hydrogen) atoms. The summed E-state index contributed by atoms with van der Waals surface area (Å²) in [6.45, 7) is 4.01. The predicted molar refractivity (Wildman–Crippen MR) is 146 cm³/mol. The summed E-state index contributed by atoms with van der Waals surface area (Å²) in [6.07, 6.45) is 7.12. The molecule has 0 saturated carbocycles. The Morgan fingerprint density at radius 1 is 0.947 bits per heavy atom. The molecule has 4 heterocycles. The second kappa shape index (κ2) is 9.51. The molecule has 0 aliphatic heterocycles. The minimum atomic E-state index is -0.336. The van der Waals surface area contributed by atoms with Gasteiger partial charge in [-0.25, -0.2) is 9.37 Å². The molecule has 0 bridgehead atoms. The summed E-state index contributed by atoms with van der Waals surface area (Å²) in [4.78, 5) is 28.9.